The second-order valence-corrected chi connectivity index (χ2v) is 5.95. The number of hydrogen-bond acceptors (Lipinski definition) is 4. The molecule has 133 valence electrons. The maximum Gasteiger partial charge on any atom is 0.325 e. The molecule has 1 atom stereocenters. The molecule has 1 radical (unpaired) electrons. The summed E-state index contributed by atoms with van der Waals surface area (Å²) >= 11 is 0. The van der Waals surface area contributed by atoms with Crippen molar-refractivity contribution in [3.63, 3.8) is 0 Å². The lowest BCUT2D eigenvalue weighted by molar-refractivity contribution is -0.153. The second kappa shape index (κ2) is 7.35. The number of piperazine rings is 1. The third-order valence-electron chi connectivity index (χ3n) is 4.43. The summed E-state index contributed by atoms with van der Waals surface area (Å²) in [7, 11) is 0. The monoisotopic (exact) mass is 352 g/mol. The van der Waals surface area contributed by atoms with Crippen molar-refractivity contribution in [2.24, 2.45) is 0 Å². The van der Waals surface area contributed by atoms with E-state index in [0.717, 1.165) is 15.7 Å². The molecule has 0 spiro atoms. The number of benzene rings is 2. The number of urea groups is 1. The lowest BCUT2D eigenvalue weighted by Crippen LogP contribution is -2.58. The van der Waals surface area contributed by atoms with Gasteiger partial charge in [-0.1, -0.05) is 36.4 Å². The summed E-state index contributed by atoms with van der Waals surface area (Å²) in [4.78, 5) is 50.0. The third kappa shape index (κ3) is 3.28. The molecule has 0 aromatic heterocycles. The summed E-state index contributed by atoms with van der Waals surface area (Å²) in [5.74, 6) is -1.61. The highest BCUT2D eigenvalue weighted by molar-refractivity contribution is 6.38. The van der Waals surface area contributed by atoms with Gasteiger partial charge in [-0.3, -0.25) is 19.3 Å². The zero-order chi connectivity index (χ0) is 18.7. The van der Waals surface area contributed by atoms with Crippen LogP contribution < -0.4 is 5.32 Å². The quantitative estimate of drug-likeness (QED) is 0.843. The molecule has 2 aromatic carbocycles. The van der Waals surface area contributed by atoms with Crippen molar-refractivity contribution in [3.05, 3.63) is 48.0 Å². The first-order chi connectivity index (χ1) is 12.5. The van der Waals surface area contributed by atoms with Crippen LogP contribution in [0.1, 0.15) is 18.5 Å². The molecule has 7 nitrogen and oxygen atoms in total. The van der Waals surface area contributed by atoms with Crippen molar-refractivity contribution in [1.82, 2.24) is 15.1 Å². The predicted molar refractivity (Wildman–Crippen MR) is 94.9 cm³/mol. The van der Waals surface area contributed by atoms with Gasteiger partial charge in [0.1, 0.15) is 6.04 Å². The van der Waals surface area contributed by atoms with E-state index in [1.54, 1.807) is 25.3 Å². The highest BCUT2D eigenvalue weighted by atomic mass is 16.2. The molecule has 1 heterocycles. The Bertz CT molecular complexity index is 880. The zero-order valence-corrected chi connectivity index (χ0v) is 14.3. The van der Waals surface area contributed by atoms with Gasteiger partial charge in [0.05, 0.1) is 0 Å². The number of fused-ring (bicyclic) bond motifs is 1. The van der Waals surface area contributed by atoms with Gasteiger partial charge in [-0.2, -0.15) is 0 Å². The van der Waals surface area contributed by atoms with E-state index in [9.17, 15) is 19.2 Å². The van der Waals surface area contributed by atoms with Crippen molar-refractivity contribution in [1.29, 1.82) is 0 Å². The number of rotatable bonds is 4. The minimum absolute atomic E-state index is 0.0908. The van der Waals surface area contributed by atoms with Crippen LogP contribution in [-0.2, 0) is 14.4 Å². The van der Waals surface area contributed by atoms with Crippen LogP contribution in [-0.4, -0.2) is 53.6 Å². The van der Waals surface area contributed by atoms with Crippen LogP contribution in [0.15, 0.2) is 42.5 Å². The summed E-state index contributed by atoms with van der Waals surface area (Å²) in [6, 6.07) is 11.2. The Hall–Kier alpha value is -3.22. The summed E-state index contributed by atoms with van der Waals surface area (Å²) in [5.41, 5.74) is 0.554. The highest BCUT2D eigenvalue weighted by Crippen LogP contribution is 2.20. The van der Waals surface area contributed by atoms with Gasteiger partial charge < -0.3 is 10.2 Å². The van der Waals surface area contributed by atoms with Crippen LogP contribution in [0.3, 0.4) is 0 Å². The van der Waals surface area contributed by atoms with Crippen LogP contribution >= 0.6 is 0 Å². The fourth-order valence-corrected chi connectivity index (χ4v) is 2.94. The molecular formula is C19H18N3O4. The average molecular weight is 352 g/mol. The van der Waals surface area contributed by atoms with Crippen molar-refractivity contribution in [2.75, 3.05) is 19.6 Å². The van der Waals surface area contributed by atoms with E-state index >= 15 is 0 Å². The zero-order valence-electron chi connectivity index (χ0n) is 14.3. The summed E-state index contributed by atoms with van der Waals surface area (Å²) < 4.78 is 0. The van der Waals surface area contributed by atoms with Crippen LogP contribution in [0.25, 0.3) is 10.8 Å². The Balaban J connectivity index is 1.77. The molecule has 0 bridgehead atoms. The Morgan fingerprint density at radius 1 is 1.12 bits per heavy atom. The molecular weight excluding hydrogens is 334 g/mol. The number of carbonyl (C=O) groups is 3. The van der Waals surface area contributed by atoms with Gasteiger partial charge in [0, 0.05) is 19.6 Å². The first-order valence-electron chi connectivity index (χ1n) is 8.32. The second-order valence-electron chi connectivity index (χ2n) is 5.95. The summed E-state index contributed by atoms with van der Waals surface area (Å²) in [6.07, 6.45) is 1.78. The Morgan fingerprint density at radius 2 is 1.85 bits per heavy atom. The van der Waals surface area contributed by atoms with Gasteiger partial charge in [0.25, 0.3) is 0 Å². The summed E-state index contributed by atoms with van der Waals surface area (Å²) in [5, 5.41) is 4.40. The first-order valence-corrected chi connectivity index (χ1v) is 8.32. The largest absolute Gasteiger partial charge is 0.333 e. The van der Waals surface area contributed by atoms with Gasteiger partial charge in [-0.25, -0.2) is 4.79 Å². The number of nitrogens with zero attached hydrogens (tertiary/aromatic N) is 2. The number of amides is 4. The molecule has 4 amide bonds. The van der Waals surface area contributed by atoms with Crippen LogP contribution in [0, 0.1) is 0 Å². The van der Waals surface area contributed by atoms with Crippen molar-refractivity contribution in [2.45, 2.75) is 13.0 Å². The molecule has 0 aliphatic carbocycles. The molecule has 26 heavy (non-hydrogen) atoms. The molecule has 1 aliphatic rings. The van der Waals surface area contributed by atoms with Crippen molar-refractivity contribution >= 4 is 34.9 Å². The van der Waals surface area contributed by atoms with Gasteiger partial charge in [-0.05, 0) is 29.3 Å². The number of carbonyl (C=O) groups excluding carboxylic acids is 4. The maximum absolute atomic E-state index is 12.4. The van der Waals surface area contributed by atoms with Crippen molar-refractivity contribution in [3.8, 4) is 0 Å². The SMILES string of the molecule is CCN1CCN(C(=O)NC([C]=O)c2ccc3ccccc3c2)C(=O)C1=O. The van der Waals surface area contributed by atoms with E-state index in [-0.39, 0.29) is 13.1 Å². The topological polar surface area (TPSA) is 86.8 Å². The normalized spacial score (nSPS) is 15.9. The van der Waals surface area contributed by atoms with E-state index < -0.39 is 23.9 Å². The maximum atomic E-state index is 12.4. The molecule has 1 aliphatic heterocycles. The molecule has 7 heteroatoms. The minimum atomic E-state index is -1.03. The van der Waals surface area contributed by atoms with Crippen molar-refractivity contribution < 1.29 is 19.2 Å². The van der Waals surface area contributed by atoms with E-state index in [2.05, 4.69) is 5.32 Å². The molecule has 1 unspecified atom stereocenters. The van der Waals surface area contributed by atoms with Crippen LogP contribution in [0.5, 0.6) is 0 Å². The Labute approximate surface area is 150 Å². The molecule has 1 N–H and O–H groups in total. The molecule has 3 rings (SSSR count). The third-order valence-corrected chi connectivity index (χ3v) is 4.43. The van der Waals surface area contributed by atoms with Gasteiger partial charge in [0.2, 0.25) is 6.29 Å². The number of nitrogens with one attached hydrogen (secondary N) is 1. The minimum Gasteiger partial charge on any atom is -0.333 e. The number of imide groups is 1. The van der Waals surface area contributed by atoms with E-state index in [4.69, 9.17) is 0 Å². The number of hydrogen-bond donors (Lipinski definition) is 1. The van der Waals surface area contributed by atoms with Crippen LogP contribution in [0.2, 0.25) is 0 Å². The number of likely N-dealkylation sites (N-methyl/N-ethyl adjacent to an activating group) is 1. The molecule has 1 saturated heterocycles. The average Bonchev–Trinajstić information content (AvgIpc) is 2.67. The summed E-state index contributed by atoms with van der Waals surface area (Å²) in [6.45, 7) is 2.54. The van der Waals surface area contributed by atoms with Gasteiger partial charge in [-0.15, -0.1) is 0 Å². The first kappa shape index (κ1) is 17.6. The van der Waals surface area contributed by atoms with E-state index in [0.29, 0.717) is 12.1 Å². The van der Waals surface area contributed by atoms with E-state index in [1.165, 1.54) is 4.90 Å². The standard InChI is InChI=1S/C19H18N3O4/c1-2-21-9-10-22(18(25)17(21)24)19(26)20-16(12-23)15-8-7-13-5-3-4-6-14(13)11-15/h3-8,11,16H,2,9-10H2,1H3,(H,20,26). The van der Waals surface area contributed by atoms with Crippen LogP contribution in [0.4, 0.5) is 4.79 Å². The molecule has 0 saturated carbocycles. The predicted octanol–water partition coefficient (Wildman–Crippen LogP) is 1.39. The highest BCUT2D eigenvalue weighted by Gasteiger charge is 2.36. The van der Waals surface area contributed by atoms with E-state index in [1.807, 2.05) is 30.3 Å². The fraction of sp³-hybridized carbons (Fsp3) is 0.263. The molecule has 2 aromatic rings. The lowest BCUT2D eigenvalue weighted by atomic mass is 10.0. The smallest absolute Gasteiger partial charge is 0.325 e. The Morgan fingerprint density at radius 3 is 2.54 bits per heavy atom. The Kier molecular flexibility index (Phi) is 4.97. The van der Waals surface area contributed by atoms with Gasteiger partial charge in [0.15, 0.2) is 0 Å². The fourth-order valence-electron chi connectivity index (χ4n) is 2.94. The molecule has 1 fully saturated rings. The lowest BCUT2D eigenvalue weighted by Gasteiger charge is -2.32. The van der Waals surface area contributed by atoms with Gasteiger partial charge >= 0.3 is 17.8 Å².